The summed E-state index contributed by atoms with van der Waals surface area (Å²) in [5.74, 6) is -0.670. The van der Waals surface area contributed by atoms with Crippen molar-refractivity contribution >= 4 is 11.9 Å². The number of rotatable bonds is 4. The van der Waals surface area contributed by atoms with Gasteiger partial charge in [0.15, 0.2) is 0 Å². The van der Waals surface area contributed by atoms with E-state index < -0.39 is 0 Å². The number of hydrogen-bond acceptors (Lipinski definition) is 4. The Bertz CT molecular complexity index is 196. The molecule has 0 saturated heterocycles. The molecule has 0 bridgehead atoms. The molecule has 0 aromatic rings. The third kappa shape index (κ3) is 16.8. The first-order valence-electron chi connectivity index (χ1n) is 4.15. The van der Waals surface area contributed by atoms with Gasteiger partial charge in [-0.1, -0.05) is 20.1 Å². The second-order valence-electron chi connectivity index (χ2n) is 2.15. The number of carbonyl (C=O) groups is 2. The van der Waals surface area contributed by atoms with Crippen LogP contribution in [0.2, 0.25) is 0 Å². The van der Waals surface area contributed by atoms with Crippen LogP contribution in [0.25, 0.3) is 0 Å². The van der Waals surface area contributed by atoms with E-state index in [0.29, 0.717) is 6.61 Å². The molecule has 14 heavy (non-hydrogen) atoms. The van der Waals surface area contributed by atoms with Crippen molar-refractivity contribution in [1.29, 1.82) is 0 Å². The third-order valence-electron chi connectivity index (χ3n) is 0.864. The van der Waals surface area contributed by atoms with Gasteiger partial charge in [0.1, 0.15) is 0 Å². The van der Waals surface area contributed by atoms with Gasteiger partial charge >= 0.3 is 11.9 Å². The van der Waals surface area contributed by atoms with Crippen LogP contribution in [0, 0.1) is 0 Å². The molecule has 80 valence electrons. The van der Waals surface area contributed by atoms with Crippen molar-refractivity contribution in [3.8, 4) is 0 Å². The summed E-state index contributed by atoms with van der Waals surface area (Å²) in [6.45, 7) is 10.1. The van der Waals surface area contributed by atoms with E-state index in [-0.39, 0.29) is 11.9 Å². The Morgan fingerprint density at radius 2 is 1.93 bits per heavy atom. The predicted molar refractivity (Wildman–Crippen MR) is 53.4 cm³/mol. The van der Waals surface area contributed by atoms with Crippen molar-refractivity contribution in [2.75, 3.05) is 6.61 Å². The first kappa shape index (κ1) is 14.9. The third-order valence-corrected chi connectivity index (χ3v) is 0.864. The minimum Gasteiger partial charge on any atom is -0.463 e. The second-order valence-corrected chi connectivity index (χ2v) is 2.15. The van der Waals surface area contributed by atoms with Crippen LogP contribution < -0.4 is 0 Å². The Morgan fingerprint density at radius 3 is 2.14 bits per heavy atom. The Hall–Kier alpha value is -1.58. The first-order valence-corrected chi connectivity index (χ1v) is 4.15. The summed E-state index contributed by atoms with van der Waals surface area (Å²) >= 11 is 0. The van der Waals surface area contributed by atoms with Gasteiger partial charge in [-0.2, -0.15) is 0 Å². The van der Waals surface area contributed by atoms with Gasteiger partial charge in [-0.05, 0) is 6.42 Å². The highest BCUT2D eigenvalue weighted by Crippen LogP contribution is 1.81. The minimum atomic E-state index is -0.341. The van der Waals surface area contributed by atoms with Crippen LogP contribution in [0.1, 0.15) is 20.3 Å². The lowest BCUT2D eigenvalue weighted by atomic mass is 10.5. The molecule has 0 atom stereocenters. The van der Waals surface area contributed by atoms with Gasteiger partial charge in [0, 0.05) is 13.0 Å². The van der Waals surface area contributed by atoms with Crippen LogP contribution in [0.15, 0.2) is 25.5 Å². The zero-order chi connectivity index (χ0) is 11.4. The standard InChI is InChI=1S/C6H10O2.C4H6O2/c1-3-5-8-6(7)4-2;1-3-6-4(2)5/h4H,2-3,5H2,1H3;3H,1H2,2H3. The summed E-state index contributed by atoms with van der Waals surface area (Å²) in [5, 5.41) is 0. The fourth-order valence-electron chi connectivity index (χ4n) is 0.379. The lowest BCUT2D eigenvalue weighted by Crippen LogP contribution is -1.99. The molecule has 0 fully saturated rings. The van der Waals surface area contributed by atoms with Gasteiger partial charge in [-0.3, -0.25) is 4.79 Å². The summed E-state index contributed by atoms with van der Waals surface area (Å²) in [4.78, 5) is 20.0. The van der Waals surface area contributed by atoms with Gasteiger partial charge in [0.2, 0.25) is 0 Å². The Morgan fingerprint density at radius 1 is 1.36 bits per heavy atom. The highest BCUT2D eigenvalue weighted by molar-refractivity contribution is 5.81. The molecule has 0 heterocycles. The van der Waals surface area contributed by atoms with Crippen molar-refractivity contribution < 1.29 is 19.1 Å². The fourth-order valence-corrected chi connectivity index (χ4v) is 0.379. The summed E-state index contributed by atoms with van der Waals surface area (Å²) in [5.41, 5.74) is 0. The molecule has 0 radical (unpaired) electrons. The van der Waals surface area contributed by atoms with Crippen molar-refractivity contribution in [3.63, 3.8) is 0 Å². The topological polar surface area (TPSA) is 52.6 Å². The maximum atomic E-state index is 10.2. The van der Waals surface area contributed by atoms with E-state index in [0.717, 1.165) is 18.8 Å². The van der Waals surface area contributed by atoms with Crippen LogP contribution in [0.4, 0.5) is 0 Å². The average molecular weight is 200 g/mol. The normalized spacial score (nSPS) is 7.57. The molecule has 0 unspecified atom stereocenters. The second kappa shape index (κ2) is 11.4. The molecular weight excluding hydrogens is 184 g/mol. The monoisotopic (exact) mass is 200 g/mol. The fraction of sp³-hybridized carbons (Fsp3) is 0.400. The summed E-state index contributed by atoms with van der Waals surface area (Å²) in [6, 6.07) is 0. The molecule has 0 aliphatic heterocycles. The molecule has 0 aromatic heterocycles. The highest BCUT2D eigenvalue weighted by Gasteiger charge is 1.89. The molecule has 0 aliphatic carbocycles. The zero-order valence-electron chi connectivity index (χ0n) is 8.62. The molecule has 0 saturated carbocycles. The SMILES string of the molecule is C=CC(=O)OCCC.C=COC(C)=O. The van der Waals surface area contributed by atoms with E-state index in [1.807, 2.05) is 6.92 Å². The van der Waals surface area contributed by atoms with Crippen LogP contribution in [0.5, 0.6) is 0 Å². The predicted octanol–water partition coefficient (Wildman–Crippen LogP) is 1.82. The lowest BCUT2D eigenvalue weighted by Gasteiger charge is -1.94. The van der Waals surface area contributed by atoms with E-state index in [9.17, 15) is 9.59 Å². The maximum absolute atomic E-state index is 10.2. The number of hydrogen-bond donors (Lipinski definition) is 0. The number of esters is 2. The van der Waals surface area contributed by atoms with Gasteiger partial charge in [-0.25, -0.2) is 4.79 Å². The van der Waals surface area contributed by atoms with Crippen LogP contribution in [0.3, 0.4) is 0 Å². The Labute approximate surface area is 84.2 Å². The number of carbonyl (C=O) groups excluding carboxylic acids is 2. The van der Waals surface area contributed by atoms with E-state index in [1.54, 1.807) is 0 Å². The smallest absolute Gasteiger partial charge is 0.330 e. The minimum absolute atomic E-state index is 0.329. The lowest BCUT2D eigenvalue weighted by molar-refractivity contribution is -0.138. The van der Waals surface area contributed by atoms with Crippen molar-refractivity contribution in [2.45, 2.75) is 20.3 Å². The zero-order valence-corrected chi connectivity index (χ0v) is 8.62. The molecule has 0 rings (SSSR count). The van der Waals surface area contributed by atoms with E-state index in [4.69, 9.17) is 0 Å². The Kier molecular flexibility index (Phi) is 12.2. The quantitative estimate of drug-likeness (QED) is 0.394. The first-order chi connectivity index (χ1) is 6.58. The number of ether oxygens (including phenoxy) is 2. The van der Waals surface area contributed by atoms with Crippen LogP contribution >= 0.6 is 0 Å². The van der Waals surface area contributed by atoms with Gasteiger partial charge in [-0.15, -0.1) is 0 Å². The van der Waals surface area contributed by atoms with E-state index in [1.165, 1.54) is 6.92 Å². The summed E-state index contributed by atoms with van der Waals surface area (Å²) in [6.07, 6.45) is 3.12. The molecule has 0 amide bonds. The molecular formula is C10H16O4. The Balaban J connectivity index is 0. The highest BCUT2D eigenvalue weighted by atomic mass is 16.5. The van der Waals surface area contributed by atoms with Gasteiger partial charge in [0.25, 0.3) is 0 Å². The van der Waals surface area contributed by atoms with Crippen molar-refractivity contribution in [1.82, 2.24) is 0 Å². The molecule has 0 spiro atoms. The molecule has 0 N–H and O–H groups in total. The van der Waals surface area contributed by atoms with E-state index in [2.05, 4.69) is 22.6 Å². The van der Waals surface area contributed by atoms with Crippen LogP contribution in [-0.4, -0.2) is 18.5 Å². The van der Waals surface area contributed by atoms with Crippen molar-refractivity contribution in [2.24, 2.45) is 0 Å². The van der Waals surface area contributed by atoms with Crippen LogP contribution in [-0.2, 0) is 19.1 Å². The van der Waals surface area contributed by atoms with E-state index >= 15 is 0 Å². The van der Waals surface area contributed by atoms with Gasteiger partial charge < -0.3 is 9.47 Å². The van der Waals surface area contributed by atoms with Gasteiger partial charge in [0.05, 0.1) is 12.9 Å². The molecule has 4 heteroatoms. The summed E-state index contributed by atoms with van der Waals surface area (Å²) < 4.78 is 8.75. The van der Waals surface area contributed by atoms with Crippen molar-refractivity contribution in [3.05, 3.63) is 25.5 Å². The molecule has 0 aromatic carbocycles. The average Bonchev–Trinajstić information content (AvgIpc) is 2.15. The summed E-state index contributed by atoms with van der Waals surface area (Å²) in [7, 11) is 0. The maximum Gasteiger partial charge on any atom is 0.330 e. The largest absolute Gasteiger partial charge is 0.463 e. The molecule has 0 aliphatic rings. The molecule has 4 nitrogen and oxygen atoms in total.